The normalized spacial score (nSPS) is 15.4. The van der Waals surface area contributed by atoms with Gasteiger partial charge >= 0.3 is 0 Å². The largest absolute Gasteiger partial charge is 0.491 e. The van der Waals surface area contributed by atoms with Crippen LogP contribution in [0.2, 0.25) is 0 Å². The molecule has 2 aromatic carbocycles. The van der Waals surface area contributed by atoms with Gasteiger partial charge in [0.05, 0.1) is 11.6 Å². The Hall–Kier alpha value is -3.73. The minimum Gasteiger partial charge on any atom is -0.491 e. The quantitative estimate of drug-likeness (QED) is 0.582. The van der Waals surface area contributed by atoms with Crippen molar-refractivity contribution in [3.05, 3.63) is 90.4 Å². The fraction of sp³-hybridized carbons (Fsp3) is 0.125. The third-order valence-corrected chi connectivity index (χ3v) is 5.16. The van der Waals surface area contributed by atoms with Crippen molar-refractivity contribution in [2.45, 2.75) is 12.5 Å². The van der Waals surface area contributed by atoms with E-state index in [9.17, 15) is 4.79 Å². The first-order valence-corrected chi connectivity index (χ1v) is 9.60. The van der Waals surface area contributed by atoms with Gasteiger partial charge in [-0.2, -0.15) is 0 Å². The fourth-order valence-electron chi connectivity index (χ4n) is 3.74. The van der Waals surface area contributed by atoms with Gasteiger partial charge < -0.3 is 10.1 Å². The summed E-state index contributed by atoms with van der Waals surface area (Å²) >= 11 is 0. The highest BCUT2D eigenvalue weighted by Gasteiger charge is 2.25. The molecule has 0 aliphatic carbocycles. The maximum atomic E-state index is 12.8. The first kappa shape index (κ1) is 17.4. The average molecular weight is 381 g/mol. The molecule has 0 fully saturated rings. The number of pyridine rings is 2. The molecular formula is C24H19N3O2. The summed E-state index contributed by atoms with van der Waals surface area (Å²) in [7, 11) is 0. The van der Waals surface area contributed by atoms with Crippen LogP contribution in [0.1, 0.15) is 16.1 Å². The number of hydrogen-bond donors (Lipinski definition) is 1. The number of benzene rings is 2. The standard InChI is InChI=1S/C24H19N3O2/c28-24(22-11-10-16-5-1-2-8-21(16)27-22)26-18-13-20-19(17-6-4-12-25-14-17)7-3-9-23(20)29-15-18/h1-12,14,18H,13,15H2,(H,26,28)/t18-/m0/s1. The van der Waals surface area contributed by atoms with E-state index in [0.29, 0.717) is 18.7 Å². The smallest absolute Gasteiger partial charge is 0.270 e. The SMILES string of the molecule is O=C(N[C@@H]1COc2cccc(-c3cccnc3)c2C1)c1ccc2ccccc2n1. The van der Waals surface area contributed by atoms with Crippen LogP contribution in [-0.4, -0.2) is 28.5 Å². The number of carbonyl (C=O) groups excluding carboxylic acids is 1. The second-order valence-electron chi connectivity index (χ2n) is 7.10. The number of rotatable bonds is 3. The highest BCUT2D eigenvalue weighted by Crippen LogP contribution is 2.34. The third-order valence-electron chi connectivity index (χ3n) is 5.16. The van der Waals surface area contributed by atoms with Crippen molar-refractivity contribution in [2.75, 3.05) is 6.61 Å². The van der Waals surface area contributed by atoms with Crippen LogP contribution in [0.25, 0.3) is 22.0 Å². The van der Waals surface area contributed by atoms with Crippen LogP contribution < -0.4 is 10.1 Å². The minimum absolute atomic E-state index is 0.124. The Balaban J connectivity index is 1.38. The first-order chi connectivity index (χ1) is 14.3. The van der Waals surface area contributed by atoms with Gasteiger partial charge in [0.25, 0.3) is 5.91 Å². The second-order valence-corrected chi connectivity index (χ2v) is 7.10. The van der Waals surface area contributed by atoms with Crippen molar-refractivity contribution in [2.24, 2.45) is 0 Å². The summed E-state index contributed by atoms with van der Waals surface area (Å²) in [5.41, 5.74) is 4.43. The van der Waals surface area contributed by atoms with E-state index in [4.69, 9.17) is 4.74 Å². The summed E-state index contributed by atoms with van der Waals surface area (Å²) in [5, 5.41) is 4.09. The number of carbonyl (C=O) groups is 1. The van der Waals surface area contributed by atoms with Crippen LogP contribution in [0.3, 0.4) is 0 Å². The van der Waals surface area contributed by atoms with Crippen molar-refractivity contribution in [3.63, 3.8) is 0 Å². The molecule has 29 heavy (non-hydrogen) atoms. The van der Waals surface area contributed by atoms with Crippen molar-refractivity contribution in [3.8, 4) is 16.9 Å². The second kappa shape index (κ2) is 7.36. The lowest BCUT2D eigenvalue weighted by molar-refractivity contribution is 0.0911. The van der Waals surface area contributed by atoms with Gasteiger partial charge in [0.1, 0.15) is 18.1 Å². The molecule has 2 aromatic heterocycles. The first-order valence-electron chi connectivity index (χ1n) is 9.60. The van der Waals surface area contributed by atoms with Crippen molar-refractivity contribution in [1.82, 2.24) is 15.3 Å². The third kappa shape index (κ3) is 3.43. The minimum atomic E-state index is -0.188. The van der Waals surface area contributed by atoms with E-state index >= 15 is 0 Å². The van der Waals surface area contributed by atoms with E-state index in [0.717, 1.165) is 33.3 Å². The number of ether oxygens (including phenoxy) is 1. The van der Waals surface area contributed by atoms with Gasteiger partial charge in [-0.05, 0) is 29.8 Å². The maximum absolute atomic E-state index is 12.8. The summed E-state index contributed by atoms with van der Waals surface area (Å²) in [6, 6.07) is 21.3. The summed E-state index contributed by atoms with van der Waals surface area (Å²) < 4.78 is 5.95. The van der Waals surface area contributed by atoms with Gasteiger partial charge in [0.15, 0.2) is 0 Å². The number of para-hydroxylation sites is 1. The number of hydrogen-bond acceptors (Lipinski definition) is 4. The Bertz CT molecular complexity index is 1190. The lowest BCUT2D eigenvalue weighted by Crippen LogP contribution is -2.43. The zero-order valence-electron chi connectivity index (χ0n) is 15.7. The molecule has 0 unspecified atom stereocenters. The summed E-state index contributed by atoms with van der Waals surface area (Å²) in [4.78, 5) is 21.5. The molecule has 0 saturated carbocycles. The Morgan fingerprint density at radius 3 is 2.83 bits per heavy atom. The Morgan fingerprint density at radius 2 is 1.93 bits per heavy atom. The highest BCUT2D eigenvalue weighted by molar-refractivity contribution is 5.95. The van der Waals surface area contributed by atoms with Gasteiger partial charge in [-0.25, -0.2) is 4.98 Å². The monoisotopic (exact) mass is 381 g/mol. The van der Waals surface area contributed by atoms with Gasteiger partial charge in [-0.3, -0.25) is 9.78 Å². The summed E-state index contributed by atoms with van der Waals surface area (Å²) in [5.74, 6) is 0.673. The van der Waals surface area contributed by atoms with Gasteiger partial charge in [0, 0.05) is 35.3 Å². The van der Waals surface area contributed by atoms with Crippen molar-refractivity contribution in [1.29, 1.82) is 0 Å². The number of nitrogens with one attached hydrogen (secondary N) is 1. The lowest BCUT2D eigenvalue weighted by Gasteiger charge is -2.27. The number of nitrogens with zero attached hydrogens (tertiary/aromatic N) is 2. The zero-order chi connectivity index (χ0) is 19.6. The Morgan fingerprint density at radius 1 is 1.00 bits per heavy atom. The maximum Gasteiger partial charge on any atom is 0.270 e. The van der Waals surface area contributed by atoms with Crippen LogP contribution in [0, 0.1) is 0 Å². The predicted molar refractivity (Wildman–Crippen MR) is 112 cm³/mol. The van der Waals surface area contributed by atoms with Gasteiger partial charge in [0.2, 0.25) is 0 Å². The predicted octanol–water partition coefficient (Wildman–Crippen LogP) is 4.03. The molecular weight excluding hydrogens is 362 g/mol. The summed E-state index contributed by atoms with van der Waals surface area (Å²) in [6.07, 6.45) is 4.30. The molecule has 1 amide bonds. The average Bonchev–Trinajstić information content (AvgIpc) is 2.79. The van der Waals surface area contributed by atoms with E-state index in [1.807, 2.05) is 60.8 Å². The molecule has 5 nitrogen and oxygen atoms in total. The van der Waals surface area contributed by atoms with Crippen LogP contribution in [-0.2, 0) is 6.42 Å². The number of amides is 1. The van der Waals surface area contributed by atoms with E-state index in [-0.39, 0.29) is 11.9 Å². The van der Waals surface area contributed by atoms with Crippen LogP contribution in [0.15, 0.2) is 79.1 Å². The molecule has 0 radical (unpaired) electrons. The van der Waals surface area contributed by atoms with Crippen LogP contribution in [0.5, 0.6) is 5.75 Å². The van der Waals surface area contributed by atoms with Gasteiger partial charge in [-0.15, -0.1) is 0 Å². The molecule has 1 atom stereocenters. The summed E-state index contributed by atoms with van der Waals surface area (Å²) in [6.45, 7) is 0.433. The molecule has 1 aliphatic heterocycles. The molecule has 3 heterocycles. The van der Waals surface area contributed by atoms with Crippen LogP contribution >= 0.6 is 0 Å². The van der Waals surface area contributed by atoms with E-state index in [2.05, 4.69) is 21.4 Å². The molecule has 5 heteroatoms. The Kier molecular flexibility index (Phi) is 4.41. The molecule has 0 bridgehead atoms. The topological polar surface area (TPSA) is 64.1 Å². The molecule has 5 rings (SSSR count). The fourth-order valence-corrected chi connectivity index (χ4v) is 3.74. The molecule has 0 saturated heterocycles. The Labute approximate surface area is 168 Å². The number of fused-ring (bicyclic) bond motifs is 2. The van der Waals surface area contributed by atoms with E-state index in [1.165, 1.54) is 0 Å². The zero-order valence-corrected chi connectivity index (χ0v) is 15.7. The van der Waals surface area contributed by atoms with E-state index < -0.39 is 0 Å². The molecule has 1 aliphatic rings. The van der Waals surface area contributed by atoms with Gasteiger partial charge in [-0.1, -0.05) is 42.5 Å². The molecule has 1 N–H and O–H groups in total. The molecule has 142 valence electrons. The molecule has 0 spiro atoms. The molecule has 4 aromatic rings. The lowest BCUT2D eigenvalue weighted by atomic mass is 9.93. The van der Waals surface area contributed by atoms with Crippen molar-refractivity contribution >= 4 is 16.8 Å². The number of aromatic nitrogens is 2. The van der Waals surface area contributed by atoms with Crippen molar-refractivity contribution < 1.29 is 9.53 Å². The van der Waals surface area contributed by atoms with Crippen LogP contribution in [0.4, 0.5) is 0 Å². The highest BCUT2D eigenvalue weighted by atomic mass is 16.5. The van der Waals surface area contributed by atoms with E-state index in [1.54, 1.807) is 12.3 Å².